The number of amides is 1. The minimum absolute atomic E-state index is 0. The van der Waals surface area contributed by atoms with Crippen LogP contribution in [0.25, 0.3) is 10.2 Å². The highest BCUT2D eigenvalue weighted by Crippen LogP contribution is 2.33. The number of rotatable bonds is 8. The Hall–Kier alpha value is -1.67. The molecule has 1 amide bonds. The Balaban J connectivity index is 0.00000353. The Morgan fingerprint density at radius 2 is 1.79 bits per heavy atom. The second kappa shape index (κ2) is 13.3. The number of aromatic nitrogens is 1. The third-order valence-electron chi connectivity index (χ3n) is 7.05. The fourth-order valence-corrected chi connectivity index (χ4v) is 7.92. The molecule has 212 valence electrons. The summed E-state index contributed by atoms with van der Waals surface area (Å²) >= 11 is 5.00. The minimum atomic E-state index is -3.74. The van der Waals surface area contributed by atoms with Gasteiger partial charge in [0.15, 0.2) is 5.13 Å². The van der Waals surface area contributed by atoms with E-state index in [2.05, 4.69) is 20.8 Å². The van der Waals surface area contributed by atoms with Crippen molar-refractivity contribution in [3.05, 3.63) is 52.8 Å². The van der Waals surface area contributed by atoms with Gasteiger partial charge in [-0.15, -0.1) is 12.4 Å². The van der Waals surface area contributed by atoms with Gasteiger partial charge in [0.25, 0.3) is 0 Å². The summed E-state index contributed by atoms with van der Waals surface area (Å²) in [7, 11) is -3.74. The number of carbonyl (C=O) groups is 1. The topological polar surface area (TPSA) is 83.1 Å². The van der Waals surface area contributed by atoms with Gasteiger partial charge in [-0.3, -0.25) is 14.6 Å². The summed E-state index contributed by atoms with van der Waals surface area (Å²) in [5, 5.41) is 0.673. The summed E-state index contributed by atoms with van der Waals surface area (Å²) in [5.41, 5.74) is 0.847. The summed E-state index contributed by atoms with van der Waals surface area (Å²) < 4.78 is 48.1. The Kier molecular flexibility index (Phi) is 10.4. The van der Waals surface area contributed by atoms with Gasteiger partial charge in [0.2, 0.25) is 15.9 Å². The minimum Gasteiger partial charge on any atom is -0.379 e. The fraction of sp³-hybridized carbons (Fsp3) is 0.462. The molecule has 2 aromatic carbocycles. The van der Waals surface area contributed by atoms with Gasteiger partial charge in [-0.1, -0.05) is 27.3 Å². The van der Waals surface area contributed by atoms with Gasteiger partial charge < -0.3 is 4.74 Å². The van der Waals surface area contributed by atoms with E-state index in [1.54, 1.807) is 4.90 Å². The van der Waals surface area contributed by atoms with Gasteiger partial charge in [-0.25, -0.2) is 17.8 Å². The number of carbonyl (C=O) groups excluding carboxylic acids is 1. The standard InChI is InChI=1S/C26H30BrFN4O4S2.ClH/c27-20-2-7-23-24(18-20)37-26(29-23)32(11-1-10-30-14-16-36-17-15-30)25(33)19-8-12-31(13-9-19)38(34,35)22-5-3-21(28)4-6-22;/h2-7,18-19H,1,8-17H2;1H. The highest BCUT2D eigenvalue weighted by atomic mass is 79.9. The van der Waals surface area contributed by atoms with Gasteiger partial charge in [0.05, 0.1) is 28.3 Å². The lowest BCUT2D eigenvalue weighted by atomic mass is 9.96. The number of piperidine rings is 1. The molecule has 5 rings (SSSR count). The number of nitrogens with zero attached hydrogens (tertiary/aromatic N) is 4. The van der Waals surface area contributed by atoms with Crippen LogP contribution in [-0.4, -0.2) is 81.0 Å². The van der Waals surface area contributed by atoms with Crippen LogP contribution in [-0.2, 0) is 19.6 Å². The van der Waals surface area contributed by atoms with E-state index in [1.165, 1.54) is 27.8 Å². The molecule has 2 fully saturated rings. The average Bonchev–Trinajstić information content (AvgIpc) is 3.34. The Morgan fingerprint density at radius 3 is 2.49 bits per heavy atom. The van der Waals surface area contributed by atoms with E-state index in [0.29, 0.717) is 24.5 Å². The van der Waals surface area contributed by atoms with Crippen molar-refractivity contribution >= 4 is 71.0 Å². The van der Waals surface area contributed by atoms with Crippen molar-refractivity contribution in [2.45, 2.75) is 24.2 Å². The molecule has 0 N–H and O–H groups in total. The zero-order valence-electron chi connectivity index (χ0n) is 21.3. The number of hydrogen-bond donors (Lipinski definition) is 0. The molecule has 0 spiro atoms. The Bertz CT molecular complexity index is 1380. The number of hydrogen-bond acceptors (Lipinski definition) is 7. The summed E-state index contributed by atoms with van der Waals surface area (Å²) in [6.45, 7) is 5.15. The molecular formula is C26H31BrClFN4O4S2. The molecule has 0 bridgehead atoms. The summed E-state index contributed by atoms with van der Waals surface area (Å²) in [5.74, 6) is -0.787. The highest BCUT2D eigenvalue weighted by molar-refractivity contribution is 9.10. The molecule has 0 atom stereocenters. The smallest absolute Gasteiger partial charge is 0.243 e. The number of fused-ring (bicyclic) bond motifs is 1. The maximum absolute atomic E-state index is 13.8. The molecule has 0 aliphatic carbocycles. The van der Waals surface area contributed by atoms with Crippen LogP contribution < -0.4 is 4.90 Å². The number of ether oxygens (including phenoxy) is 1. The largest absolute Gasteiger partial charge is 0.379 e. The van der Waals surface area contributed by atoms with Crippen molar-refractivity contribution in [1.82, 2.24) is 14.2 Å². The van der Waals surface area contributed by atoms with E-state index in [4.69, 9.17) is 9.72 Å². The molecular weight excluding hydrogens is 631 g/mol. The number of morpholine rings is 1. The number of anilines is 1. The third kappa shape index (κ3) is 7.16. The van der Waals surface area contributed by atoms with Crippen LogP contribution in [0.15, 0.2) is 51.8 Å². The highest BCUT2D eigenvalue weighted by Gasteiger charge is 2.35. The maximum Gasteiger partial charge on any atom is 0.243 e. The van der Waals surface area contributed by atoms with E-state index < -0.39 is 15.8 Å². The molecule has 39 heavy (non-hydrogen) atoms. The number of benzene rings is 2. The van der Waals surface area contributed by atoms with E-state index in [-0.39, 0.29) is 42.2 Å². The zero-order valence-corrected chi connectivity index (χ0v) is 25.3. The summed E-state index contributed by atoms with van der Waals surface area (Å²) in [6.07, 6.45) is 1.66. The predicted molar refractivity (Wildman–Crippen MR) is 157 cm³/mol. The third-order valence-corrected chi connectivity index (χ3v) is 10.5. The van der Waals surface area contributed by atoms with Gasteiger partial charge in [0.1, 0.15) is 5.82 Å². The van der Waals surface area contributed by atoms with Crippen molar-refractivity contribution in [2.75, 3.05) is 57.4 Å². The van der Waals surface area contributed by atoms with Gasteiger partial charge in [0, 0.05) is 49.7 Å². The SMILES string of the molecule is Cl.O=C(C1CCN(S(=O)(=O)c2ccc(F)cc2)CC1)N(CCCN1CCOCC1)c1nc2ccc(Br)cc2s1. The van der Waals surface area contributed by atoms with Crippen molar-refractivity contribution in [3.63, 3.8) is 0 Å². The summed E-state index contributed by atoms with van der Waals surface area (Å²) in [4.78, 5) is 22.8. The zero-order chi connectivity index (χ0) is 26.7. The molecule has 2 saturated heterocycles. The van der Waals surface area contributed by atoms with Crippen LogP contribution in [0.3, 0.4) is 0 Å². The van der Waals surface area contributed by atoms with Crippen LogP contribution in [0.5, 0.6) is 0 Å². The van der Waals surface area contributed by atoms with E-state index in [0.717, 1.165) is 66.1 Å². The second-order valence-electron chi connectivity index (χ2n) is 9.54. The Morgan fingerprint density at radius 1 is 1.10 bits per heavy atom. The molecule has 13 heteroatoms. The van der Waals surface area contributed by atoms with Crippen molar-refractivity contribution in [2.24, 2.45) is 5.92 Å². The average molecular weight is 662 g/mol. The van der Waals surface area contributed by atoms with Crippen LogP contribution in [0.1, 0.15) is 19.3 Å². The molecule has 2 aliphatic heterocycles. The van der Waals surface area contributed by atoms with Crippen molar-refractivity contribution < 1.29 is 22.3 Å². The fourth-order valence-electron chi connectivity index (χ4n) is 4.90. The lowest BCUT2D eigenvalue weighted by Crippen LogP contribution is -2.45. The summed E-state index contributed by atoms with van der Waals surface area (Å²) in [6, 6.07) is 10.7. The molecule has 0 saturated carbocycles. The molecule has 3 aromatic rings. The lowest BCUT2D eigenvalue weighted by molar-refractivity contribution is -0.123. The van der Waals surface area contributed by atoms with E-state index in [9.17, 15) is 17.6 Å². The second-order valence-corrected chi connectivity index (χ2v) is 13.4. The molecule has 0 radical (unpaired) electrons. The van der Waals surface area contributed by atoms with Crippen LogP contribution in [0.2, 0.25) is 0 Å². The lowest BCUT2D eigenvalue weighted by Gasteiger charge is -2.33. The first-order chi connectivity index (χ1) is 18.3. The van der Waals surface area contributed by atoms with Gasteiger partial charge >= 0.3 is 0 Å². The predicted octanol–water partition coefficient (Wildman–Crippen LogP) is 4.78. The molecule has 2 aliphatic rings. The maximum atomic E-state index is 13.8. The first-order valence-corrected chi connectivity index (χ1v) is 15.8. The van der Waals surface area contributed by atoms with Crippen molar-refractivity contribution in [3.8, 4) is 0 Å². The van der Waals surface area contributed by atoms with Crippen LogP contribution in [0, 0.1) is 11.7 Å². The van der Waals surface area contributed by atoms with E-state index >= 15 is 0 Å². The quantitative estimate of drug-likeness (QED) is 0.346. The van der Waals surface area contributed by atoms with Gasteiger partial charge in [-0.2, -0.15) is 4.31 Å². The monoisotopic (exact) mass is 660 g/mol. The first-order valence-electron chi connectivity index (χ1n) is 12.7. The molecule has 1 aromatic heterocycles. The molecule has 0 unspecified atom stereocenters. The number of thiazole rings is 1. The van der Waals surface area contributed by atoms with Crippen LogP contribution >= 0.6 is 39.7 Å². The van der Waals surface area contributed by atoms with Gasteiger partial charge in [-0.05, 0) is 61.7 Å². The van der Waals surface area contributed by atoms with Crippen LogP contribution in [0.4, 0.5) is 9.52 Å². The first kappa shape index (κ1) is 30.3. The van der Waals surface area contributed by atoms with Crippen molar-refractivity contribution in [1.29, 1.82) is 0 Å². The number of halogens is 3. The number of sulfonamides is 1. The molecule has 3 heterocycles. The van der Waals surface area contributed by atoms with E-state index in [1.807, 2.05) is 18.2 Å². The normalized spacial score (nSPS) is 17.7. The molecule has 8 nitrogen and oxygen atoms in total. The Labute approximate surface area is 246 Å².